The number of nitrogens with one attached hydrogen (secondary N) is 1. The summed E-state index contributed by atoms with van der Waals surface area (Å²) in [6.07, 6.45) is -1.07. The summed E-state index contributed by atoms with van der Waals surface area (Å²) in [5.41, 5.74) is 0.280. The number of carboxylic acid groups (broad SMARTS) is 1. The molecule has 0 aromatic heterocycles. The van der Waals surface area contributed by atoms with Gasteiger partial charge in [0.2, 0.25) is 0 Å². The number of para-hydroxylation sites is 1. The van der Waals surface area contributed by atoms with Crippen LogP contribution in [0.2, 0.25) is 0 Å². The molecule has 3 N–H and O–H groups in total. The van der Waals surface area contributed by atoms with E-state index in [0.717, 1.165) is 0 Å². The van der Waals surface area contributed by atoms with Crippen LogP contribution in [-0.4, -0.2) is 40.8 Å². The molecule has 0 radical (unpaired) electrons. The van der Waals surface area contributed by atoms with Crippen LogP contribution in [0, 0.1) is 11.3 Å². The second kappa shape index (κ2) is 7.87. The van der Waals surface area contributed by atoms with Gasteiger partial charge in [-0.3, -0.25) is 4.79 Å². The van der Waals surface area contributed by atoms with Gasteiger partial charge in [-0.05, 0) is 19.1 Å². The van der Waals surface area contributed by atoms with Crippen molar-refractivity contribution in [1.29, 1.82) is 5.26 Å². The van der Waals surface area contributed by atoms with Crippen LogP contribution in [0.5, 0.6) is 5.75 Å². The smallest absolute Gasteiger partial charge is 0.326 e. The highest BCUT2D eigenvalue weighted by atomic mass is 16.5. The fourth-order valence-corrected chi connectivity index (χ4v) is 1.58. The molecule has 0 bridgehead atoms. The Morgan fingerprint density at radius 1 is 1.43 bits per heavy atom. The predicted octanol–water partition coefficient (Wildman–Crippen LogP) is 0.277. The number of amides is 1. The van der Waals surface area contributed by atoms with Gasteiger partial charge in [0.25, 0.3) is 5.91 Å². The molecule has 0 aliphatic rings. The molecule has 112 valence electrons. The molecule has 0 fully saturated rings. The molecule has 0 heterocycles. The second-order valence-corrected chi connectivity index (χ2v) is 4.28. The Hall–Kier alpha value is -2.59. The quantitative estimate of drug-likeness (QED) is 0.664. The third kappa shape index (κ3) is 4.78. The van der Waals surface area contributed by atoms with Crippen LogP contribution in [0.3, 0.4) is 0 Å². The number of carbonyl (C=O) groups is 2. The van der Waals surface area contributed by atoms with Crippen LogP contribution in [-0.2, 0) is 9.59 Å². The average Bonchev–Trinajstić information content (AvgIpc) is 2.47. The molecule has 21 heavy (non-hydrogen) atoms. The molecule has 0 aliphatic heterocycles. The maximum absolute atomic E-state index is 11.9. The maximum Gasteiger partial charge on any atom is 0.326 e. The number of aliphatic carboxylic acids is 1. The van der Waals surface area contributed by atoms with Gasteiger partial charge in [-0.1, -0.05) is 12.1 Å². The molecular weight excluding hydrogens is 276 g/mol. The van der Waals surface area contributed by atoms with Crippen LogP contribution >= 0.6 is 0 Å². The number of carboxylic acids is 1. The van der Waals surface area contributed by atoms with E-state index in [1.54, 1.807) is 24.3 Å². The molecule has 0 saturated carbocycles. The van der Waals surface area contributed by atoms with Crippen LogP contribution in [0.4, 0.5) is 0 Å². The van der Waals surface area contributed by atoms with E-state index in [2.05, 4.69) is 5.32 Å². The first kappa shape index (κ1) is 16.5. The van der Waals surface area contributed by atoms with E-state index in [1.807, 2.05) is 6.07 Å². The van der Waals surface area contributed by atoms with Crippen LogP contribution in [0.25, 0.3) is 0 Å². The van der Waals surface area contributed by atoms with Gasteiger partial charge in [0, 0.05) is 13.0 Å². The second-order valence-electron chi connectivity index (χ2n) is 4.28. The van der Waals surface area contributed by atoms with Crippen molar-refractivity contribution in [2.45, 2.75) is 25.5 Å². The third-order valence-corrected chi connectivity index (χ3v) is 2.71. The van der Waals surface area contributed by atoms with E-state index in [1.165, 1.54) is 6.92 Å². The summed E-state index contributed by atoms with van der Waals surface area (Å²) >= 11 is 0. The van der Waals surface area contributed by atoms with Crippen LogP contribution in [0.1, 0.15) is 18.9 Å². The van der Waals surface area contributed by atoms with Crippen molar-refractivity contribution < 1.29 is 24.5 Å². The van der Waals surface area contributed by atoms with Gasteiger partial charge in [-0.15, -0.1) is 0 Å². The first-order chi connectivity index (χ1) is 9.99. The number of nitrogens with zero attached hydrogens (tertiary/aromatic N) is 1. The minimum atomic E-state index is -1.23. The van der Waals surface area contributed by atoms with Crippen molar-refractivity contribution in [1.82, 2.24) is 5.32 Å². The van der Waals surface area contributed by atoms with Gasteiger partial charge in [-0.25, -0.2) is 4.79 Å². The van der Waals surface area contributed by atoms with Gasteiger partial charge in [0.1, 0.15) is 17.9 Å². The number of aliphatic hydroxyl groups is 1. The first-order valence-corrected chi connectivity index (χ1v) is 6.29. The SMILES string of the molecule is CC(Oc1ccccc1C#N)C(=O)N[C@H](CCO)C(=O)O. The molecule has 0 saturated heterocycles. The third-order valence-electron chi connectivity index (χ3n) is 2.71. The van der Waals surface area contributed by atoms with E-state index >= 15 is 0 Å². The lowest BCUT2D eigenvalue weighted by atomic mass is 10.2. The van der Waals surface area contributed by atoms with Gasteiger partial charge >= 0.3 is 5.97 Å². The number of rotatable bonds is 7. The zero-order valence-corrected chi connectivity index (χ0v) is 11.4. The lowest BCUT2D eigenvalue weighted by molar-refractivity contribution is -0.143. The topological polar surface area (TPSA) is 120 Å². The van der Waals surface area contributed by atoms with Crippen LogP contribution in [0.15, 0.2) is 24.3 Å². The number of hydrogen-bond acceptors (Lipinski definition) is 5. The van der Waals surface area contributed by atoms with Crippen molar-refractivity contribution in [3.05, 3.63) is 29.8 Å². The van der Waals surface area contributed by atoms with Crippen molar-refractivity contribution >= 4 is 11.9 Å². The standard InChI is InChI=1S/C14H16N2O5/c1-9(13(18)16-11(6-7-17)14(19)20)21-12-5-3-2-4-10(12)8-15/h2-5,9,11,17H,6-7H2,1H3,(H,16,18)(H,19,20)/t9?,11-/m1/s1. The number of ether oxygens (including phenoxy) is 1. The fraction of sp³-hybridized carbons (Fsp3) is 0.357. The highest BCUT2D eigenvalue weighted by molar-refractivity contribution is 5.86. The summed E-state index contributed by atoms with van der Waals surface area (Å²) in [4.78, 5) is 22.8. The van der Waals surface area contributed by atoms with Crippen molar-refractivity contribution in [3.8, 4) is 11.8 Å². The predicted molar refractivity (Wildman–Crippen MR) is 72.5 cm³/mol. The number of carbonyl (C=O) groups excluding carboxylic acids is 1. The summed E-state index contributed by atoms with van der Waals surface area (Å²) in [6.45, 7) is 1.09. The number of aliphatic hydroxyl groups excluding tert-OH is 1. The molecule has 0 aliphatic carbocycles. The van der Waals surface area contributed by atoms with Gasteiger partial charge in [0.15, 0.2) is 6.10 Å². The Morgan fingerprint density at radius 2 is 2.10 bits per heavy atom. The molecule has 1 aromatic rings. The molecular formula is C14H16N2O5. The summed E-state index contributed by atoms with van der Waals surface area (Å²) in [7, 11) is 0. The minimum absolute atomic E-state index is 0.0947. The van der Waals surface area contributed by atoms with Gasteiger partial charge in [0.05, 0.1) is 5.56 Å². The molecule has 1 unspecified atom stereocenters. The zero-order chi connectivity index (χ0) is 15.8. The molecule has 7 heteroatoms. The largest absolute Gasteiger partial charge is 0.480 e. The number of nitriles is 1. The van der Waals surface area contributed by atoms with E-state index in [9.17, 15) is 9.59 Å². The van der Waals surface area contributed by atoms with Crippen LogP contribution < -0.4 is 10.1 Å². The highest BCUT2D eigenvalue weighted by Crippen LogP contribution is 2.18. The van der Waals surface area contributed by atoms with E-state index in [-0.39, 0.29) is 24.3 Å². The Balaban J connectivity index is 2.70. The summed E-state index contributed by atoms with van der Waals surface area (Å²) in [6, 6.07) is 7.17. The first-order valence-electron chi connectivity index (χ1n) is 6.29. The van der Waals surface area contributed by atoms with Crippen molar-refractivity contribution in [2.75, 3.05) is 6.61 Å². The lowest BCUT2D eigenvalue weighted by Crippen LogP contribution is -2.46. The Kier molecular flexibility index (Phi) is 6.17. The van der Waals surface area contributed by atoms with E-state index in [4.69, 9.17) is 20.2 Å². The molecule has 1 amide bonds. The molecule has 1 rings (SSSR count). The monoisotopic (exact) mass is 292 g/mol. The Labute approximate surface area is 121 Å². The Bertz CT molecular complexity index is 553. The molecule has 7 nitrogen and oxygen atoms in total. The Morgan fingerprint density at radius 3 is 2.67 bits per heavy atom. The summed E-state index contributed by atoms with van der Waals surface area (Å²) in [5.74, 6) is -1.62. The van der Waals surface area contributed by atoms with Crippen molar-refractivity contribution in [3.63, 3.8) is 0 Å². The average molecular weight is 292 g/mol. The van der Waals surface area contributed by atoms with E-state index in [0.29, 0.717) is 0 Å². The fourth-order valence-electron chi connectivity index (χ4n) is 1.58. The van der Waals surface area contributed by atoms with Gasteiger partial charge < -0.3 is 20.3 Å². The molecule has 1 aromatic carbocycles. The number of benzene rings is 1. The maximum atomic E-state index is 11.9. The normalized spacial score (nSPS) is 12.8. The van der Waals surface area contributed by atoms with Gasteiger partial charge in [-0.2, -0.15) is 5.26 Å². The number of hydrogen-bond donors (Lipinski definition) is 3. The van der Waals surface area contributed by atoms with Crippen molar-refractivity contribution in [2.24, 2.45) is 0 Å². The molecule has 2 atom stereocenters. The van der Waals surface area contributed by atoms with E-state index < -0.39 is 24.0 Å². The zero-order valence-electron chi connectivity index (χ0n) is 11.4. The minimum Gasteiger partial charge on any atom is -0.480 e. The highest BCUT2D eigenvalue weighted by Gasteiger charge is 2.23. The molecule has 0 spiro atoms. The lowest BCUT2D eigenvalue weighted by Gasteiger charge is -2.18. The summed E-state index contributed by atoms with van der Waals surface area (Å²) in [5, 5.41) is 28.8. The summed E-state index contributed by atoms with van der Waals surface area (Å²) < 4.78 is 5.37.